The van der Waals surface area contributed by atoms with E-state index in [1.807, 2.05) is 6.07 Å². The summed E-state index contributed by atoms with van der Waals surface area (Å²) in [4.78, 5) is 15.4. The molecule has 3 heteroatoms. The predicted octanol–water partition coefficient (Wildman–Crippen LogP) is 4.59. The average molecular weight is 313 g/mol. The van der Waals surface area contributed by atoms with Crippen LogP contribution in [0, 0.1) is 11.8 Å². The van der Waals surface area contributed by atoms with Crippen LogP contribution >= 0.6 is 11.3 Å². The number of rotatable bonds is 3. The number of fused-ring (bicyclic) bond motifs is 4. The Hall–Kier alpha value is -1.19. The van der Waals surface area contributed by atoms with Crippen molar-refractivity contribution in [3.8, 4) is 0 Å². The fourth-order valence-electron chi connectivity index (χ4n) is 4.56. The zero-order valence-electron chi connectivity index (χ0n) is 13.3. The number of hydrogen-bond donors (Lipinski definition) is 0. The summed E-state index contributed by atoms with van der Waals surface area (Å²) in [6.45, 7) is 7.09. The van der Waals surface area contributed by atoms with Gasteiger partial charge in [0.25, 0.3) is 0 Å². The number of nitrogens with zero attached hydrogens (tertiary/aromatic N) is 1. The molecule has 2 nitrogen and oxygen atoms in total. The van der Waals surface area contributed by atoms with Crippen LogP contribution in [-0.4, -0.2) is 29.3 Å². The van der Waals surface area contributed by atoms with E-state index in [1.54, 1.807) is 11.3 Å². The third kappa shape index (κ3) is 2.22. The SMILES string of the molecule is CC1(C)[C@H](CC(=O)c2ccc3sccc3c2)C2CCN1CC2. The summed E-state index contributed by atoms with van der Waals surface area (Å²) in [7, 11) is 0. The summed E-state index contributed by atoms with van der Waals surface area (Å²) >= 11 is 1.74. The molecule has 3 aliphatic heterocycles. The van der Waals surface area contributed by atoms with Crippen LogP contribution in [0.25, 0.3) is 10.1 Å². The number of carbonyl (C=O) groups is 1. The van der Waals surface area contributed by atoms with E-state index in [0.717, 1.165) is 11.5 Å². The summed E-state index contributed by atoms with van der Waals surface area (Å²) in [6, 6.07) is 8.28. The number of carbonyl (C=O) groups excluding carboxylic acids is 1. The smallest absolute Gasteiger partial charge is 0.163 e. The molecule has 2 aromatic rings. The third-order valence-corrected chi connectivity index (χ3v) is 6.91. The number of hydrogen-bond acceptors (Lipinski definition) is 3. The number of piperidine rings is 3. The first-order chi connectivity index (χ1) is 10.6. The van der Waals surface area contributed by atoms with Crippen molar-refractivity contribution in [3.05, 3.63) is 35.2 Å². The van der Waals surface area contributed by atoms with Gasteiger partial charge >= 0.3 is 0 Å². The Balaban J connectivity index is 1.58. The van der Waals surface area contributed by atoms with Crippen molar-refractivity contribution in [2.45, 2.75) is 38.6 Å². The monoisotopic (exact) mass is 313 g/mol. The maximum Gasteiger partial charge on any atom is 0.163 e. The summed E-state index contributed by atoms with van der Waals surface area (Å²) in [6.07, 6.45) is 3.24. The second kappa shape index (κ2) is 5.17. The van der Waals surface area contributed by atoms with Crippen LogP contribution < -0.4 is 0 Å². The van der Waals surface area contributed by atoms with E-state index in [1.165, 1.54) is 36.0 Å². The Bertz CT molecular complexity index is 709. The van der Waals surface area contributed by atoms with Gasteiger partial charge in [-0.15, -0.1) is 11.3 Å². The molecule has 3 fully saturated rings. The highest BCUT2D eigenvalue weighted by Crippen LogP contribution is 2.45. The van der Waals surface area contributed by atoms with Crippen LogP contribution in [-0.2, 0) is 0 Å². The summed E-state index contributed by atoms with van der Waals surface area (Å²) < 4.78 is 1.26. The third-order valence-electron chi connectivity index (χ3n) is 6.01. The molecule has 3 aliphatic rings. The molecular formula is C19H23NOS. The lowest BCUT2D eigenvalue weighted by molar-refractivity contribution is -0.0643. The van der Waals surface area contributed by atoms with Gasteiger partial charge in [0, 0.05) is 22.2 Å². The lowest BCUT2D eigenvalue weighted by atomic mass is 9.65. The fraction of sp³-hybridized carbons (Fsp3) is 0.526. The molecule has 1 aromatic carbocycles. The molecule has 0 N–H and O–H groups in total. The van der Waals surface area contributed by atoms with Gasteiger partial charge in [-0.05, 0) is 86.6 Å². The predicted molar refractivity (Wildman–Crippen MR) is 92.6 cm³/mol. The quantitative estimate of drug-likeness (QED) is 0.772. The molecule has 2 bridgehead atoms. The average Bonchev–Trinajstić information content (AvgIpc) is 2.98. The van der Waals surface area contributed by atoms with Crippen molar-refractivity contribution < 1.29 is 4.79 Å². The lowest BCUT2D eigenvalue weighted by Gasteiger charge is -2.56. The first kappa shape index (κ1) is 14.4. The normalized spacial score (nSPS) is 29.8. The molecule has 0 amide bonds. The Kier molecular flexibility index (Phi) is 3.39. The van der Waals surface area contributed by atoms with Crippen molar-refractivity contribution in [1.82, 2.24) is 4.90 Å². The van der Waals surface area contributed by atoms with Gasteiger partial charge in [-0.3, -0.25) is 9.69 Å². The van der Waals surface area contributed by atoms with Crippen molar-refractivity contribution in [3.63, 3.8) is 0 Å². The van der Waals surface area contributed by atoms with Crippen molar-refractivity contribution in [2.75, 3.05) is 13.1 Å². The number of benzene rings is 1. The molecule has 116 valence electrons. The largest absolute Gasteiger partial charge is 0.298 e. The van der Waals surface area contributed by atoms with Crippen LogP contribution in [0.4, 0.5) is 0 Å². The molecule has 5 rings (SSSR count). The van der Waals surface area contributed by atoms with E-state index in [0.29, 0.717) is 18.1 Å². The zero-order chi connectivity index (χ0) is 15.3. The summed E-state index contributed by atoms with van der Waals surface area (Å²) in [5, 5.41) is 3.29. The molecule has 1 atom stereocenters. The van der Waals surface area contributed by atoms with Crippen molar-refractivity contribution in [1.29, 1.82) is 0 Å². The van der Waals surface area contributed by atoms with Gasteiger partial charge in [-0.2, -0.15) is 0 Å². The second-order valence-electron chi connectivity index (χ2n) is 7.39. The number of Topliss-reactive ketones (excluding diaryl/α,β-unsaturated/α-hetero) is 1. The minimum absolute atomic E-state index is 0.170. The lowest BCUT2D eigenvalue weighted by Crippen LogP contribution is -2.61. The standard InChI is InChI=1S/C19H23NOS/c1-19(2)16(13-5-8-20(19)9-6-13)12-17(21)14-3-4-18-15(11-14)7-10-22-18/h3-4,7,10-11,13,16H,5-6,8-9,12H2,1-2H3/t16-/m1/s1. The van der Waals surface area contributed by atoms with Gasteiger partial charge < -0.3 is 0 Å². The zero-order valence-corrected chi connectivity index (χ0v) is 14.2. The molecule has 4 heterocycles. The van der Waals surface area contributed by atoms with Gasteiger partial charge in [0.1, 0.15) is 0 Å². The minimum atomic E-state index is 0.170. The number of ketones is 1. The van der Waals surface area contributed by atoms with E-state index < -0.39 is 0 Å². The van der Waals surface area contributed by atoms with Gasteiger partial charge in [0.2, 0.25) is 0 Å². The molecule has 0 aliphatic carbocycles. The van der Waals surface area contributed by atoms with Crippen LogP contribution in [0.3, 0.4) is 0 Å². The first-order valence-corrected chi connectivity index (χ1v) is 9.19. The van der Waals surface area contributed by atoms with E-state index in [9.17, 15) is 4.79 Å². The van der Waals surface area contributed by atoms with Crippen LogP contribution in [0.1, 0.15) is 43.5 Å². The molecule has 3 saturated heterocycles. The van der Waals surface area contributed by atoms with Crippen LogP contribution in [0.5, 0.6) is 0 Å². The highest BCUT2D eigenvalue weighted by atomic mass is 32.1. The van der Waals surface area contributed by atoms with Crippen molar-refractivity contribution in [2.24, 2.45) is 11.8 Å². The van der Waals surface area contributed by atoms with E-state index in [2.05, 4.69) is 42.3 Å². The van der Waals surface area contributed by atoms with E-state index in [4.69, 9.17) is 0 Å². The van der Waals surface area contributed by atoms with Crippen molar-refractivity contribution >= 4 is 27.2 Å². The minimum Gasteiger partial charge on any atom is -0.298 e. The maximum atomic E-state index is 12.8. The number of thiophene rings is 1. The molecule has 22 heavy (non-hydrogen) atoms. The van der Waals surface area contributed by atoms with Gasteiger partial charge in [-0.25, -0.2) is 0 Å². The van der Waals surface area contributed by atoms with E-state index >= 15 is 0 Å². The molecule has 0 spiro atoms. The Morgan fingerprint density at radius 2 is 2.05 bits per heavy atom. The van der Waals surface area contributed by atoms with Crippen LogP contribution in [0.15, 0.2) is 29.6 Å². The second-order valence-corrected chi connectivity index (χ2v) is 8.33. The Morgan fingerprint density at radius 3 is 2.77 bits per heavy atom. The Labute approximate surface area is 136 Å². The first-order valence-electron chi connectivity index (χ1n) is 8.31. The molecule has 0 saturated carbocycles. The highest BCUT2D eigenvalue weighted by Gasteiger charge is 2.47. The fourth-order valence-corrected chi connectivity index (χ4v) is 5.33. The van der Waals surface area contributed by atoms with Gasteiger partial charge in [0.05, 0.1) is 0 Å². The maximum absolute atomic E-state index is 12.8. The molecule has 0 radical (unpaired) electrons. The molecular weight excluding hydrogens is 290 g/mol. The van der Waals surface area contributed by atoms with Crippen LogP contribution in [0.2, 0.25) is 0 Å². The molecule has 0 unspecified atom stereocenters. The Morgan fingerprint density at radius 1 is 1.27 bits per heavy atom. The summed E-state index contributed by atoms with van der Waals surface area (Å²) in [5.74, 6) is 1.55. The van der Waals surface area contributed by atoms with E-state index in [-0.39, 0.29) is 5.54 Å². The van der Waals surface area contributed by atoms with Gasteiger partial charge in [0.15, 0.2) is 5.78 Å². The topological polar surface area (TPSA) is 20.3 Å². The van der Waals surface area contributed by atoms with Gasteiger partial charge in [-0.1, -0.05) is 0 Å². The summed E-state index contributed by atoms with van der Waals surface area (Å²) in [5.41, 5.74) is 1.06. The molecule has 1 aromatic heterocycles. The highest BCUT2D eigenvalue weighted by molar-refractivity contribution is 7.17.